The van der Waals surface area contributed by atoms with Gasteiger partial charge >= 0.3 is 12.0 Å². The predicted molar refractivity (Wildman–Crippen MR) is 123 cm³/mol. The van der Waals surface area contributed by atoms with Gasteiger partial charge in [0.15, 0.2) is 15.8 Å². The molecule has 2 fully saturated rings. The molecule has 1 N–H and O–H groups in total. The molecule has 2 aromatic carbocycles. The zero-order valence-electron chi connectivity index (χ0n) is 19.3. The molecule has 180 valence electrons. The number of hydrogen-bond donors (Lipinski definition) is 1. The lowest BCUT2D eigenvalue weighted by molar-refractivity contribution is -0.833. The van der Waals surface area contributed by atoms with Gasteiger partial charge in [0.1, 0.15) is 24.9 Å². The molecule has 2 heterocycles. The SMILES string of the molecule is COc1ccc(COC(=O)[N@@+]23CC(=CS(=O)(=O)c4ccc(C)cc4)C[C@H]2[C@H](C(C)O)C3=O)cc1. The van der Waals surface area contributed by atoms with Gasteiger partial charge in [0, 0.05) is 17.4 Å². The molecule has 1 unspecified atom stereocenters. The minimum atomic E-state index is -3.76. The van der Waals surface area contributed by atoms with E-state index in [1.54, 1.807) is 43.5 Å². The summed E-state index contributed by atoms with van der Waals surface area (Å²) in [4.78, 5) is 26.4. The Hall–Kier alpha value is -3.01. The second-order valence-electron chi connectivity index (χ2n) is 8.94. The van der Waals surface area contributed by atoms with Crippen molar-refractivity contribution in [3.63, 3.8) is 0 Å². The summed E-state index contributed by atoms with van der Waals surface area (Å²) in [5.74, 6) is -0.531. The minimum Gasteiger partial charge on any atom is -0.497 e. The van der Waals surface area contributed by atoms with Crippen LogP contribution < -0.4 is 4.74 Å². The molecule has 9 heteroatoms. The monoisotopic (exact) mass is 486 g/mol. The third-order valence-electron chi connectivity index (χ3n) is 6.62. The van der Waals surface area contributed by atoms with Crippen LogP contribution in [0.3, 0.4) is 0 Å². The van der Waals surface area contributed by atoms with Crippen molar-refractivity contribution in [3.05, 3.63) is 70.6 Å². The summed E-state index contributed by atoms with van der Waals surface area (Å²) in [7, 11) is -2.21. The van der Waals surface area contributed by atoms with Crippen LogP contribution in [0.5, 0.6) is 5.75 Å². The van der Waals surface area contributed by atoms with Gasteiger partial charge < -0.3 is 14.6 Å². The number of carbonyl (C=O) groups is 2. The Labute approximate surface area is 198 Å². The van der Waals surface area contributed by atoms with E-state index >= 15 is 0 Å². The molecule has 0 bridgehead atoms. The van der Waals surface area contributed by atoms with E-state index in [9.17, 15) is 23.1 Å². The van der Waals surface area contributed by atoms with Crippen LogP contribution in [0.4, 0.5) is 4.79 Å². The second kappa shape index (κ2) is 8.98. The fraction of sp³-hybridized carbons (Fsp3) is 0.360. The summed E-state index contributed by atoms with van der Waals surface area (Å²) in [6, 6.07) is 12.9. The summed E-state index contributed by atoms with van der Waals surface area (Å²) < 4.78 is 35.8. The third-order valence-corrected chi connectivity index (χ3v) is 8.19. The molecule has 8 nitrogen and oxygen atoms in total. The number of nitrogens with zero attached hydrogens (tertiary/aromatic N) is 1. The molecule has 0 radical (unpaired) electrons. The normalized spacial score (nSPS) is 26.0. The molecule has 0 spiro atoms. The van der Waals surface area contributed by atoms with Crippen LogP contribution in [0.15, 0.2) is 64.4 Å². The number of sulfone groups is 1. The number of benzene rings is 2. The number of β-lactam (4-membered cyclic amide) rings is 1. The molecule has 34 heavy (non-hydrogen) atoms. The Bertz CT molecular complexity index is 1230. The Morgan fingerprint density at radius 1 is 1.18 bits per heavy atom. The molecule has 0 saturated carbocycles. The number of hydrogen-bond acceptors (Lipinski definition) is 7. The van der Waals surface area contributed by atoms with E-state index in [2.05, 4.69) is 0 Å². The molecule has 2 amide bonds. The standard InChI is InChI=1S/C25H28NO7S/c1-16-4-10-21(11-5-16)34(30,31)15-19-12-22-23(17(2)27)24(28)26(22,13-19)25(29)33-14-18-6-8-20(32-3)9-7-18/h4-11,15,17,22-23,27H,12-14H2,1-3H3/q+1/t17?,22-,23-,26-/m0/s1. The van der Waals surface area contributed by atoms with E-state index in [0.29, 0.717) is 11.3 Å². The number of amides is 2. The number of aliphatic hydroxyl groups is 1. The topological polar surface area (TPSA) is 107 Å². The molecule has 2 aromatic rings. The summed E-state index contributed by atoms with van der Waals surface area (Å²) in [6.07, 6.45) is -1.48. The van der Waals surface area contributed by atoms with Crippen molar-refractivity contribution in [3.8, 4) is 5.75 Å². The van der Waals surface area contributed by atoms with E-state index in [4.69, 9.17) is 9.47 Å². The summed E-state index contributed by atoms with van der Waals surface area (Å²) >= 11 is 0. The van der Waals surface area contributed by atoms with E-state index in [0.717, 1.165) is 16.5 Å². The fourth-order valence-electron chi connectivity index (χ4n) is 4.82. The van der Waals surface area contributed by atoms with Crippen molar-refractivity contribution >= 4 is 21.8 Å². The quantitative estimate of drug-likeness (QED) is 0.494. The molecule has 4 atom stereocenters. The van der Waals surface area contributed by atoms with E-state index in [-0.39, 0.29) is 24.5 Å². The number of rotatable bonds is 6. The van der Waals surface area contributed by atoms with Crippen LogP contribution in [0, 0.1) is 12.8 Å². The van der Waals surface area contributed by atoms with Gasteiger partial charge in [-0.3, -0.25) is 0 Å². The van der Waals surface area contributed by atoms with Gasteiger partial charge in [0.25, 0.3) is 0 Å². The van der Waals surface area contributed by atoms with Crippen molar-refractivity contribution in [2.75, 3.05) is 13.7 Å². The zero-order valence-corrected chi connectivity index (χ0v) is 20.1. The van der Waals surface area contributed by atoms with Crippen LogP contribution in [0.25, 0.3) is 0 Å². The number of ether oxygens (including phenoxy) is 2. The number of aryl methyl sites for hydroxylation is 1. The number of quaternary nitrogens is 1. The van der Waals surface area contributed by atoms with Crippen molar-refractivity contribution in [2.24, 2.45) is 5.92 Å². The maximum absolute atomic E-state index is 13.2. The van der Waals surface area contributed by atoms with Crippen LogP contribution >= 0.6 is 0 Å². The average Bonchev–Trinajstić information content (AvgIpc) is 3.11. The maximum atomic E-state index is 13.2. The van der Waals surface area contributed by atoms with Crippen molar-refractivity contribution in [1.82, 2.24) is 0 Å². The molecule has 2 saturated heterocycles. The van der Waals surface area contributed by atoms with Crippen molar-refractivity contribution in [2.45, 2.75) is 43.9 Å². The number of aliphatic hydroxyl groups excluding tert-OH is 1. The smallest absolute Gasteiger partial charge is 0.497 e. The minimum absolute atomic E-state index is 0.0388. The van der Waals surface area contributed by atoms with Crippen molar-refractivity contribution < 1.29 is 37.1 Å². The fourth-order valence-corrected chi connectivity index (χ4v) is 6.08. The highest BCUT2D eigenvalue weighted by Crippen LogP contribution is 2.48. The molecule has 4 rings (SSSR count). The van der Waals surface area contributed by atoms with Gasteiger partial charge in [-0.1, -0.05) is 29.8 Å². The Kier molecular flexibility index (Phi) is 6.37. The van der Waals surface area contributed by atoms with Gasteiger partial charge in [-0.05, 0) is 43.7 Å². The Morgan fingerprint density at radius 3 is 2.41 bits per heavy atom. The third kappa shape index (κ3) is 4.15. The lowest BCUT2D eigenvalue weighted by atomic mass is 9.81. The van der Waals surface area contributed by atoms with Crippen molar-refractivity contribution in [1.29, 1.82) is 0 Å². The maximum Gasteiger partial charge on any atom is 0.524 e. The lowest BCUT2D eigenvalue weighted by Crippen LogP contribution is -2.76. The molecule has 2 aliphatic heterocycles. The number of fused-ring (bicyclic) bond motifs is 1. The first-order valence-electron chi connectivity index (χ1n) is 11.0. The van der Waals surface area contributed by atoms with Gasteiger partial charge in [-0.15, -0.1) is 0 Å². The highest BCUT2D eigenvalue weighted by molar-refractivity contribution is 7.94. The predicted octanol–water partition coefficient (Wildman–Crippen LogP) is 3.12. The van der Waals surface area contributed by atoms with E-state index in [1.807, 2.05) is 6.92 Å². The first kappa shape index (κ1) is 24.1. The Balaban J connectivity index is 1.58. The number of carbonyl (C=O) groups excluding carboxylic acids is 2. The van der Waals surface area contributed by atoms with Gasteiger partial charge in [-0.2, -0.15) is 9.28 Å². The summed E-state index contributed by atoms with van der Waals surface area (Å²) in [6.45, 7) is 3.25. The molecule has 0 aromatic heterocycles. The highest BCUT2D eigenvalue weighted by atomic mass is 32.2. The Morgan fingerprint density at radius 2 is 1.82 bits per heavy atom. The van der Waals surface area contributed by atoms with Crippen LogP contribution in [-0.4, -0.2) is 55.8 Å². The van der Waals surface area contributed by atoms with E-state index < -0.39 is 44.4 Å². The van der Waals surface area contributed by atoms with Gasteiger partial charge in [-0.25, -0.2) is 13.2 Å². The first-order valence-corrected chi connectivity index (χ1v) is 12.5. The summed E-state index contributed by atoms with van der Waals surface area (Å²) in [5, 5.41) is 11.3. The van der Waals surface area contributed by atoms with Gasteiger partial charge in [0.2, 0.25) is 0 Å². The van der Waals surface area contributed by atoms with Crippen LogP contribution in [0.1, 0.15) is 24.5 Å². The average molecular weight is 487 g/mol. The number of methoxy groups -OCH3 is 1. The van der Waals surface area contributed by atoms with Crippen LogP contribution in [-0.2, 0) is 26.0 Å². The largest absolute Gasteiger partial charge is 0.524 e. The highest BCUT2D eigenvalue weighted by Gasteiger charge is 2.73. The molecular weight excluding hydrogens is 458 g/mol. The first-order chi connectivity index (χ1) is 16.1. The second-order valence-corrected chi connectivity index (χ2v) is 10.7. The molecule has 0 aliphatic carbocycles. The zero-order chi connectivity index (χ0) is 24.7. The number of imide groups is 1. The van der Waals surface area contributed by atoms with Gasteiger partial charge in [0.05, 0.1) is 18.1 Å². The lowest BCUT2D eigenvalue weighted by Gasteiger charge is -2.46. The summed E-state index contributed by atoms with van der Waals surface area (Å²) in [5.41, 5.74) is 2.12. The van der Waals surface area contributed by atoms with E-state index in [1.165, 1.54) is 19.1 Å². The molecular formula is C25H28NO7S+. The van der Waals surface area contributed by atoms with Crippen LogP contribution in [0.2, 0.25) is 0 Å². The molecule has 2 aliphatic rings.